The molecule has 0 saturated carbocycles. The van der Waals surface area contributed by atoms with Gasteiger partial charge in [0.1, 0.15) is 5.75 Å². The summed E-state index contributed by atoms with van der Waals surface area (Å²) < 4.78 is 7.23. The van der Waals surface area contributed by atoms with Crippen LogP contribution in [-0.2, 0) is 11.3 Å². The Morgan fingerprint density at radius 2 is 1.90 bits per heavy atom. The van der Waals surface area contributed by atoms with Crippen LogP contribution >= 0.6 is 23.1 Å². The van der Waals surface area contributed by atoms with Crippen molar-refractivity contribution < 1.29 is 9.53 Å². The molecule has 0 atom stereocenters. The fourth-order valence-electron chi connectivity index (χ4n) is 2.98. The third kappa shape index (κ3) is 4.95. The first-order valence-corrected chi connectivity index (χ1v) is 11.4. The summed E-state index contributed by atoms with van der Waals surface area (Å²) in [7, 11) is 3.45. The number of ether oxygens (including phenoxy) is 1. The van der Waals surface area contributed by atoms with Gasteiger partial charge in [0.05, 0.1) is 19.4 Å². The predicted molar refractivity (Wildman–Crippen MR) is 123 cm³/mol. The predicted octanol–water partition coefficient (Wildman–Crippen LogP) is 4.15. The van der Waals surface area contributed by atoms with Gasteiger partial charge in [0.2, 0.25) is 5.91 Å². The van der Waals surface area contributed by atoms with Crippen LogP contribution in [0, 0.1) is 0 Å². The number of thiophene rings is 1. The maximum Gasteiger partial charge on any atom is 0.233 e. The second-order valence-corrected chi connectivity index (χ2v) is 8.67. The van der Waals surface area contributed by atoms with Crippen molar-refractivity contribution in [2.24, 2.45) is 0 Å². The van der Waals surface area contributed by atoms with Crippen molar-refractivity contribution in [1.29, 1.82) is 0 Å². The van der Waals surface area contributed by atoms with E-state index in [0.29, 0.717) is 17.5 Å². The SMILES string of the molecule is COc1ccc(-n2c(SCC(=O)N(C)Cc3cccs3)nnc2-c2ccncc2)cc1. The Morgan fingerprint density at radius 1 is 1.13 bits per heavy atom. The lowest BCUT2D eigenvalue weighted by Crippen LogP contribution is -2.27. The number of pyridine rings is 1. The van der Waals surface area contributed by atoms with Gasteiger partial charge in [-0.25, -0.2) is 0 Å². The maximum absolute atomic E-state index is 12.7. The highest BCUT2D eigenvalue weighted by atomic mass is 32.2. The van der Waals surface area contributed by atoms with Crippen molar-refractivity contribution in [2.45, 2.75) is 11.7 Å². The number of hydrogen-bond acceptors (Lipinski definition) is 7. The number of methoxy groups -OCH3 is 1. The Morgan fingerprint density at radius 3 is 2.58 bits per heavy atom. The molecule has 4 rings (SSSR count). The zero-order valence-electron chi connectivity index (χ0n) is 17.1. The fraction of sp³-hybridized carbons (Fsp3) is 0.182. The van der Waals surface area contributed by atoms with E-state index in [-0.39, 0.29) is 11.7 Å². The number of amides is 1. The van der Waals surface area contributed by atoms with Crippen LogP contribution in [-0.4, -0.2) is 50.5 Å². The Kier molecular flexibility index (Phi) is 6.63. The molecule has 0 aliphatic rings. The number of nitrogens with zero attached hydrogens (tertiary/aromatic N) is 5. The van der Waals surface area contributed by atoms with E-state index < -0.39 is 0 Å². The maximum atomic E-state index is 12.7. The highest BCUT2D eigenvalue weighted by Gasteiger charge is 2.18. The van der Waals surface area contributed by atoms with E-state index in [1.165, 1.54) is 11.8 Å². The summed E-state index contributed by atoms with van der Waals surface area (Å²) in [5, 5.41) is 11.4. The zero-order chi connectivity index (χ0) is 21.6. The summed E-state index contributed by atoms with van der Waals surface area (Å²) in [6, 6.07) is 15.5. The number of carbonyl (C=O) groups excluding carboxylic acids is 1. The smallest absolute Gasteiger partial charge is 0.233 e. The molecule has 9 heteroatoms. The summed E-state index contributed by atoms with van der Waals surface area (Å²) >= 11 is 3.02. The van der Waals surface area contributed by atoms with Gasteiger partial charge in [-0.05, 0) is 47.8 Å². The third-order valence-electron chi connectivity index (χ3n) is 4.63. The first-order valence-electron chi connectivity index (χ1n) is 9.55. The topological polar surface area (TPSA) is 73.1 Å². The molecule has 0 aliphatic carbocycles. The van der Waals surface area contributed by atoms with Gasteiger partial charge in [0.15, 0.2) is 11.0 Å². The molecular weight excluding hydrogens is 430 g/mol. The zero-order valence-corrected chi connectivity index (χ0v) is 18.8. The summed E-state index contributed by atoms with van der Waals surface area (Å²) in [4.78, 5) is 19.6. The van der Waals surface area contributed by atoms with E-state index in [1.54, 1.807) is 35.7 Å². The van der Waals surface area contributed by atoms with Crippen molar-refractivity contribution >= 4 is 29.0 Å². The highest BCUT2D eigenvalue weighted by molar-refractivity contribution is 7.99. The molecule has 1 amide bonds. The van der Waals surface area contributed by atoms with Gasteiger partial charge >= 0.3 is 0 Å². The molecule has 158 valence electrons. The van der Waals surface area contributed by atoms with Gasteiger partial charge in [-0.3, -0.25) is 14.3 Å². The fourth-order valence-corrected chi connectivity index (χ4v) is 4.63. The van der Waals surface area contributed by atoms with Crippen LogP contribution < -0.4 is 4.74 Å². The van der Waals surface area contributed by atoms with E-state index >= 15 is 0 Å². The molecule has 0 N–H and O–H groups in total. The largest absolute Gasteiger partial charge is 0.497 e. The van der Waals surface area contributed by atoms with Crippen LogP contribution in [0.5, 0.6) is 5.75 Å². The van der Waals surface area contributed by atoms with E-state index in [2.05, 4.69) is 15.2 Å². The van der Waals surface area contributed by atoms with Gasteiger partial charge in [0.25, 0.3) is 0 Å². The van der Waals surface area contributed by atoms with Gasteiger partial charge in [0, 0.05) is 35.6 Å². The molecular formula is C22H21N5O2S2. The number of aromatic nitrogens is 4. The average Bonchev–Trinajstić information content (AvgIpc) is 3.48. The van der Waals surface area contributed by atoms with Gasteiger partial charge in [-0.1, -0.05) is 17.8 Å². The lowest BCUT2D eigenvalue weighted by atomic mass is 10.2. The molecule has 0 radical (unpaired) electrons. The molecule has 0 bridgehead atoms. The minimum atomic E-state index is 0.0353. The molecule has 4 aromatic rings. The van der Waals surface area contributed by atoms with Crippen LogP contribution in [0.15, 0.2) is 71.5 Å². The van der Waals surface area contributed by atoms with Crippen molar-refractivity contribution in [3.8, 4) is 22.8 Å². The van der Waals surface area contributed by atoms with Gasteiger partial charge in [-0.15, -0.1) is 21.5 Å². The summed E-state index contributed by atoms with van der Waals surface area (Å²) in [6.07, 6.45) is 3.44. The number of hydrogen-bond donors (Lipinski definition) is 0. The van der Waals surface area contributed by atoms with Gasteiger partial charge in [-0.2, -0.15) is 0 Å². The van der Waals surface area contributed by atoms with Crippen molar-refractivity contribution in [3.63, 3.8) is 0 Å². The van der Waals surface area contributed by atoms with Crippen LogP contribution in [0.2, 0.25) is 0 Å². The molecule has 1 aromatic carbocycles. The van der Waals surface area contributed by atoms with Crippen LogP contribution in [0.4, 0.5) is 0 Å². The van der Waals surface area contributed by atoms with E-state index in [1.807, 2.05) is 65.5 Å². The quantitative estimate of drug-likeness (QED) is 0.375. The molecule has 0 spiro atoms. The van der Waals surface area contributed by atoms with Gasteiger partial charge < -0.3 is 9.64 Å². The van der Waals surface area contributed by atoms with Crippen molar-refractivity contribution in [3.05, 3.63) is 71.2 Å². The minimum Gasteiger partial charge on any atom is -0.497 e. The highest BCUT2D eigenvalue weighted by Crippen LogP contribution is 2.29. The molecule has 3 heterocycles. The molecule has 31 heavy (non-hydrogen) atoms. The number of carbonyl (C=O) groups is 1. The monoisotopic (exact) mass is 451 g/mol. The number of thioether (sulfide) groups is 1. The second-order valence-electron chi connectivity index (χ2n) is 6.69. The molecule has 0 fully saturated rings. The number of benzene rings is 1. The Bertz CT molecular complexity index is 1130. The molecule has 0 aliphatic heterocycles. The molecule has 3 aromatic heterocycles. The summed E-state index contributed by atoms with van der Waals surface area (Å²) in [6.45, 7) is 0.602. The van der Waals surface area contributed by atoms with Crippen LogP contribution in [0.25, 0.3) is 17.1 Å². The lowest BCUT2D eigenvalue weighted by Gasteiger charge is -2.16. The third-order valence-corrected chi connectivity index (χ3v) is 6.40. The minimum absolute atomic E-state index is 0.0353. The molecule has 7 nitrogen and oxygen atoms in total. The Labute approximate surface area is 188 Å². The van der Waals surface area contributed by atoms with E-state index in [9.17, 15) is 4.79 Å². The first kappa shape index (κ1) is 21.1. The Balaban J connectivity index is 1.58. The lowest BCUT2D eigenvalue weighted by molar-refractivity contribution is -0.127. The van der Waals surface area contributed by atoms with Crippen molar-refractivity contribution in [1.82, 2.24) is 24.6 Å². The number of rotatable bonds is 8. The van der Waals surface area contributed by atoms with E-state index in [4.69, 9.17) is 4.74 Å². The van der Waals surface area contributed by atoms with Crippen LogP contribution in [0.1, 0.15) is 4.88 Å². The molecule has 0 unspecified atom stereocenters. The molecule has 0 saturated heterocycles. The normalized spacial score (nSPS) is 10.8. The standard InChI is InChI=1S/C22H21N5O2S2/c1-26(14-19-4-3-13-30-19)20(28)15-31-22-25-24-21(16-9-11-23-12-10-16)27(22)17-5-7-18(29-2)8-6-17/h3-13H,14-15H2,1-2H3. The average molecular weight is 452 g/mol. The van der Waals surface area contributed by atoms with Crippen molar-refractivity contribution in [2.75, 3.05) is 19.9 Å². The summed E-state index contributed by atoms with van der Waals surface area (Å²) in [5.74, 6) is 1.76. The Hall–Kier alpha value is -3.17. The summed E-state index contributed by atoms with van der Waals surface area (Å²) in [5.41, 5.74) is 1.78. The second kappa shape index (κ2) is 9.76. The van der Waals surface area contributed by atoms with E-state index in [0.717, 1.165) is 21.9 Å². The first-order chi connectivity index (χ1) is 15.2. The van der Waals surface area contributed by atoms with Crippen LogP contribution in [0.3, 0.4) is 0 Å².